The van der Waals surface area contributed by atoms with E-state index >= 15 is 0 Å². The van der Waals surface area contributed by atoms with Gasteiger partial charge in [-0.25, -0.2) is 9.97 Å². The fraction of sp³-hybridized carbons (Fsp3) is 0.429. The molecule has 0 saturated carbocycles. The first kappa shape index (κ1) is 19.2. The fourth-order valence-electron chi connectivity index (χ4n) is 3.85. The quantitative estimate of drug-likeness (QED) is 0.721. The average molecular weight is 394 g/mol. The van der Waals surface area contributed by atoms with Gasteiger partial charge in [0.1, 0.15) is 17.8 Å². The summed E-state index contributed by atoms with van der Waals surface area (Å²) in [7, 11) is 0. The van der Waals surface area contributed by atoms with Crippen molar-refractivity contribution >= 4 is 23.8 Å². The Balaban J connectivity index is 1.39. The molecule has 2 fully saturated rings. The number of hydrogen-bond donors (Lipinski definition) is 0. The third-order valence-electron chi connectivity index (χ3n) is 5.59. The molecule has 2 amide bonds. The number of carbonyl (C=O) groups is 2. The van der Waals surface area contributed by atoms with Crippen LogP contribution in [0.3, 0.4) is 0 Å². The zero-order chi connectivity index (χ0) is 20.2. The molecule has 4 rings (SSSR count). The van der Waals surface area contributed by atoms with Gasteiger partial charge in [0, 0.05) is 64.1 Å². The Morgan fingerprint density at radius 1 is 0.931 bits per heavy atom. The third-order valence-corrected chi connectivity index (χ3v) is 5.59. The van der Waals surface area contributed by atoms with E-state index in [9.17, 15) is 9.59 Å². The minimum Gasteiger partial charge on any atom is -0.368 e. The molecule has 2 saturated heterocycles. The van der Waals surface area contributed by atoms with Gasteiger partial charge in [0.05, 0.1) is 0 Å². The number of carbonyl (C=O) groups excluding carboxylic acids is 2. The molecule has 0 radical (unpaired) electrons. The minimum absolute atomic E-state index is 0.0994. The van der Waals surface area contributed by atoms with Crippen LogP contribution in [-0.4, -0.2) is 84.4 Å². The lowest BCUT2D eigenvalue weighted by molar-refractivity contribution is -0.119. The minimum atomic E-state index is -0.0994. The first-order valence-electron chi connectivity index (χ1n) is 10.0. The van der Waals surface area contributed by atoms with E-state index in [1.807, 2.05) is 0 Å². The summed E-state index contributed by atoms with van der Waals surface area (Å²) in [6, 6.07) is 10.3. The van der Waals surface area contributed by atoms with Crippen molar-refractivity contribution in [1.29, 1.82) is 0 Å². The molecule has 0 spiro atoms. The summed E-state index contributed by atoms with van der Waals surface area (Å²) in [5, 5.41) is 0. The van der Waals surface area contributed by atoms with Crippen molar-refractivity contribution in [3.63, 3.8) is 0 Å². The molecule has 0 unspecified atom stereocenters. The SMILES string of the molecule is Cc1cccc(N2CCN(c3cc(C(=O)N4CCN(C=O)CC4)ncn3)CC2)c1. The molecule has 8 nitrogen and oxygen atoms in total. The molecule has 0 bridgehead atoms. The van der Waals surface area contributed by atoms with Crippen LogP contribution in [-0.2, 0) is 4.79 Å². The number of aryl methyl sites for hydroxylation is 1. The Labute approximate surface area is 170 Å². The Hall–Kier alpha value is -3.16. The molecule has 29 heavy (non-hydrogen) atoms. The predicted molar refractivity (Wildman–Crippen MR) is 111 cm³/mol. The number of hydrogen-bond acceptors (Lipinski definition) is 6. The number of rotatable bonds is 4. The highest BCUT2D eigenvalue weighted by Crippen LogP contribution is 2.20. The summed E-state index contributed by atoms with van der Waals surface area (Å²) in [6.45, 7) is 7.81. The molecule has 0 aliphatic carbocycles. The van der Waals surface area contributed by atoms with E-state index in [0.717, 1.165) is 38.4 Å². The lowest BCUT2D eigenvalue weighted by Gasteiger charge is -2.37. The highest BCUT2D eigenvalue weighted by atomic mass is 16.2. The van der Waals surface area contributed by atoms with Gasteiger partial charge in [-0.2, -0.15) is 0 Å². The van der Waals surface area contributed by atoms with Crippen LogP contribution >= 0.6 is 0 Å². The second kappa shape index (κ2) is 8.46. The predicted octanol–water partition coefficient (Wildman–Crippen LogP) is 1.03. The van der Waals surface area contributed by atoms with Crippen LogP contribution in [0.25, 0.3) is 0 Å². The van der Waals surface area contributed by atoms with Gasteiger partial charge in [0.2, 0.25) is 6.41 Å². The molecule has 0 atom stereocenters. The van der Waals surface area contributed by atoms with Crippen molar-refractivity contribution < 1.29 is 9.59 Å². The maximum atomic E-state index is 12.8. The summed E-state index contributed by atoms with van der Waals surface area (Å²) in [5.74, 6) is 0.691. The zero-order valence-corrected chi connectivity index (χ0v) is 16.7. The normalized spacial score (nSPS) is 17.4. The van der Waals surface area contributed by atoms with E-state index in [4.69, 9.17) is 0 Å². The number of amides is 2. The lowest BCUT2D eigenvalue weighted by atomic mass is 10.2. The van der Waals surface area contributed by atoms with E-state index in [2.05, 4.69) is 51.0 Å². The van der Waals surface area contributed by atoms with Gasteiger partial charge in [-0.05, 0) is 24.6 Å². The first-order chi connectivity index (χ1) is 14.1. The van der Waals surface area contributed by atoms with E-state index < -0.39 is 0 Å². The standard InChI is InChI=1S/C21H26N6O2/c1-17-3-2-4-18(13-17)25-9-11-26(12-10-25)20-14-19(22-15-23-20)21(29)27-7-5-24(16-28)6-8-27/h2-4,13-16H,5-12H2,1H3. The van der Waals surface area contributed by atoms with E-state index in [0.29, 0.717) is 31.9 Å². The van der Waals surface area contributed by atoms with E-state index in [1.54, 1.807) is 15.9 Å². The van der Waals surface area contributed by atoms with Gasteiger partial charge in [-0.3, -0.25) is 9.59 Å². The maximum Gasteiger partial charge on any atom is 0.272 e. The van der Waals surface area contributed by atoms with Crippen LogP contribution in [0.15, 0.2) is 36.7 Å². The fourth-order valence-corrected chi connectivity index (χ4v) is 3.85. The van der Waals surface area contributed by atoms with E-state index in [1.165, 1.54) is 17.6 Å². The van der Waals surface area contributed by atoms with Crippen molar-refractivity contribution in [2.45, 2.75) is 6.92 Å². The number of aromatic nitrogens is 2. The van der Waals surface area contributed by atoms with E-state index in [-0.39, 0.29) is 5.91 Å². The van der Waals surface area contributed by atoms with Gasteiger partial charge in [0.25, 0.3) is 5.91 Å². The second-order valence-electron chi connectivity index (χ2n) is 7.51. The van der Waals surface area contributed by atoms with Crippen molar-refractivity contribution in [3.05, 3.63) is 47.9 Å². The summed E-state index contributed by atoms with van der Waals surface area (Å²) in [4.78, 5) is 40.3. The molecule has 1 aromatic carbocycles. The smallest absolute Gasteiger partial charge is 0.272 e. The lowest BCUT2D eigenvalue weighted by Crippen LogP contribution is -2.48. The Morgan fingerprint density at radius 3 is 2.34 bits per heavy atom. The van der Waals surface area contributed by atoms with Crippen LogP contribution in [0.2, 0.25) is 0 Å². The summed E-state index contributed by atoms with van der Waals surface area (Å²) in [5.41, 5.74) is 2.92. The molecule has 1 aromatic heterocycles. The summed E-state index contributed by atoms with van der Waals surface area (Å²) in [6.07, 6.45) is 2.30. The molecule has 0 N–H and O–H groups in total. The summed E-state index contributed by atoms with van der Waals surface area (Å²) < 4.78 is 0. The van der Waals surface area contributed by atoms with Crippen molar-refractivity contribution in [2.75, 3.05) is 62.2 Å². The Kier molecular flexibility index (Phi) is 5.59. The number of piperazine rings is 2. The van der Waals surface area contributed by atoms with Crippen LogP contribution < -0.4 is 9.80 Å². The summed E-state index contributed by atoms with van der Waals surface area (Å²) >= 11 is 0. The van der Waals surface area contributed by atoms with Gasteiger partial charge in [0.15, 0.2) is 0 Å². The molecule has 152 valence electrons. The highest BCUT2D eigenvalue weighted by molar-refractivity contribution is 5.93. The molecular formula is C21H26N6O2. The highest BCUT2D eigenvalue weighted by Gasteiger charge is 2.24. The Morgan fingerprint density at radius 2 is 1.66 bits per heavy atom. The van der Waals surface area contributed by atoms with Crippen molar-refractivity contribution in [3.8, 4) is 0 Å². The van der Waals surface area contributed by atoms with Crippen molar-refractivity contribution in [1.82, 2.24) is 19.8 Å². The van der Waals surface area contributed by atoms with Gasteiger partial charge in [-0.15, -0.1) is 0 Å². The molecule has 2 aliphatic rings. The van der Waals surface area contributed by atoms with Crippen molar-refractivity contribution in [2.24, 2.45) is 0 Å². The second-order valence-corrected chi connectivity index (χ2v) is 7.51. The molecule has 8 heteroatoms. The van der Waals surface area contributed by atoms with Crippen LogP contribution in [0.5, 0.6) is 0 Å². The van der Waals surface area contributed by atoms with Gasteiger partial charge < -0.3 is 19.6 Å². The third kappa shape index (κ3) is 4.31. The van der Waals surface area contributed by atoms with Crippen LogP contribution in [0.4, 0.5) is 11.5 Å². The van der Waals surface area contributed by atoms with Crippen LogP contribution in [0.1, 0.15) is 16.1 Å². The maximum absolute atomic E-state index is 12.8. The average Bonchev–Trinajstić information content (AvgIpc) is 2.79. The van der Waals surface area contributed by atoms with Gasteiger partial charge in [-0.1, -0.05) is 12.1 Å². The van der Waals surface area contributed by atoms with Gasteiger partial charge >= 0.3 is 0 Å². The Bertz CT molecular complexity index is 873. The first-order valence-corrected chi connectivity index (χ1v) is 10.0. The largest absolute Gasteiger partial charge is 0.368 e. The number of nitrogens with zero attached hydrogens (tertiary/aromatic N) is 6. The molecule has 2 aromatic rings. The molecule has 2 aliphatic heterocycles. The molecular weight excluding hydrogens is 368 g/mol. The van der Waals surface area contributed by atoms with Crippen LogP contribution in [0, 0.1) is 6.92 Å². The monoisotopic (exact) mass is 394 g/mol. The number of anilines is 2. The molecule has 3 heterocycles. The topological polar surface area (TPSA) is 72.9 Å². The zero-order valence-electron chi connectivity index (χ0n) is 16.7. The number of benzene rings is 1.